The molecule has 100 valence electrons. The third-order valence-electron chi connectivity index (χ3n) is 2.56. The monoisotopic (exact) mass is 278 g/mol. The summed E-state index contributed by atoms with van der Waals surface area (Å²) in [6.45, 7) is 1.93. The second-order valence-corrected chi connectivity index (χ2v) is 5.98. The van der Waals surface area contributed by atoms with Crippen LogP contribution in [0.3, 0.4) is 0 Å². The molecule has 2 rings (SSSR count). The molecule has 0 aliphatic rings. The number of H-pyrrole nitrogens is 1. The van der Waals surface area contributed by atoms with Gasteiger partial charge in [0, 0.05) is 6.20 Å². The van der Waals surface area contributed by atoms with Gasteiger partial charge in [-0.2, -0.15) is 0 Å². The number of anilines is 1. The second kappa shape index (κ2) is 5.27. The van der Waals surface area contributed by atoms with Crippen molar-refractivity contribution in [2.24, 2.45) is 0 Å². The largest absolute Gasteiger partial charge is 0.327 e. The minimum absolute atomic E-state index is 0.0228. The zero-order valence-electron chi connectivity index (χ0n) is 10.4. The first-order chi connectivity index (χ1) is 8.96. The number of aromatic amines is 1. The SMILES string of the molecule is Cc1ccc(CS(=O)(=O)Nc2ccc[nH]c2=O)cc1. The topological polar surface area (TPSA) is 79.0 Å². The van der Waals surface area contributed by atoms with E-state index in [-0.39, 0.29) is 11.4 Å². The van der Waals surface area contributed by atoms with E-state index < -0.39 is 15.6 Å². The average molecular weight is 278 g/mol. The van der Waals surface area contributed by atoms with Crippen molar-refractivity contribution >= 4 is 15.7 Å². The van der Waals surface area contributed by atoms with E-state index in [2.05, 4.69) is 9.71 Å². The minimum Gasteiger partial charge on any atom is -0.327 e. The van der Waals surface area contributed by atoms with Gasteiger partial charge in [0.1, 0.15) is 5.69 Å². The Labute approximate surface area is 111 Å². The number of hydrogen-bond acceptors (Lipinski definition) is 3. The van der Waals surface area contributed by atoms with E-state index in [0.29, 0.717) is 5.56 Å². The lowest BCUT2D eigenvalue weighted by Gasteiger charge is -2.07. The van der Waals surface area contributed by atoms with Crippen molar-refractivity contribution < 1.29 is 8.42 Å². The van der Waals surface area contributed by atoms with Gasteiger partial charge in [-0.05, 0) is 24.6 Å². The third-order valence-corrected chi connectivity index (χ3v) is 3.81. The summed E-state index contributed by atoms with van der Waals surface area (Å²) in [5.41, 5.74) is 1.30. The van der Waals surface area contributed by atoms with Crippen molar-refractivity contribution in [1.29, 1.82) is 0 Å². The highest BCUT2D eigenvalue weighted by Crippen LogP contribution is 2.10. The van der Waals surface area contributed by atoms with Crippen LogP contribution in [0.25, 0.3) is 0 Å². The molecule has 1 aromatic heterocycles. The maximum Gasteiger partial charge on any atom is 0.272 e. The van der Waals surface area contributed by atoms with Crippen molar-refractivity contribution in [1.82, 2.24) is 4.98 Å². The summed E-state index contributed by atoms with van der Waals surface area (Å²) in [5, 5.41) is 0. The zero-order valence-corrected chi connectivity index (χ0v) is 11.2. The maximum atomic E-state index is 11.9. The number of aryl methyl sites for hydroxylation is 1. The van der Waals surface area contributed by atoms with Gasteiger partial charge in [-0.1, -0.05) is 29.8 Å². The van der Waals surface area contributed by atoms with Crippen LogP contribution < -0.4 is 10.3 Å². The van der Waals surface area contributed by atoms with Crippen molar-refractivity contribution in [3.8, 4) is 0 Å². The van der Waals surface area contributed by atoms with Crippen LogP contribution in [0.4, 0.5) is 5.69 Å². The molecule has 0 bridgehead atoms. The molecule has 1 heterocycles. The van der Waals surface area contributed by atoms with Crippen LogP contribution in [0.2, 0.25) is 0 Å². The van der Waals surface area contributed by atoms with Crippen LogP contribution in [-0.2, 0) is 15.8 Å². The Bertz CT molecular complexity index is 718. The molecular weight excluding hydrogens is 264 g/mol. The van der Waals surface area contributed by atoms with Crippen LogP contribution in [0.5, 0.6) is 0 Å². The van der Waals surface area contributed by atoms with Gasteiger partial charge in [0.15, 0.2) is 0 Å². The van der Waals surface area contributed by atoms with E-state index >= 15 is 0 Å². The lowest BCUT2D eigenvalue weighted by molar-refractivity contribution is 0.600. The molecule has 0 spiro atoms. The van der Waals surface area contributed by atoms with Gasteiger partial charge in [-0.3, -0.25) is 9.52 Å². The Hall–Kier alpha value is -2.08. The number of benzene rings is 1. The van der Waals surface area contributed by atoms with E-state index in [1.807, 2.05) is 19.1 Å². The Kier molecular flexibility index (Phi) is 3.71. The molecule has 19 heavy (non-hydrogen) atoms. The van der Waals surface area contributed by atoms with E-state index in [1.54, 1.807) is 18.2 Å². The molecule has 0 atom stereocenters. The summed E-state index contributed by atoms with van der Waals surface area (Å²) in [5.74, 6) is -0.165. The highest BCUT2D eigenvalue weighted by atomic mass is 32.2. The van der Waals surface area contributed by atoms with Gasteiger partial charge >= 0.3 is 0 Å². The highest BCUT2D eigenvalue weighted by Gasteiger charge is 2.13. The summed E-state index contributed by atoms with van der Waals surface area (Å²) >= 11 is 0. The predicted octanol–water partition coefficient (Wildman–Crippen LogP) is 1.63. The fourth-order valence-corrected chi connectivity index (χ4v) is 2.81. The summed E-state index contributed by atoms with van der Waals surface area (Å²) in [6.07, 6.45) is 1.44. The number of rotatable bonds is 4. The molecule has 6 heteroatoms. The van der Waals surface area contributed by atoms with Crippen molar-refractivity contribution in [3.63, 3.8) is 0 Å². The summed E-state index contributed by atoms with van der Waals surface area (Å²) in [6, 6.07) is 10.2. The molecule has 0 fully saturated rings. The highest BCUT2D eigenvalue weighted by molar-refractivity contribution is 7.91. The van der Waals surface area contributed by atoms with Gasteiger partial charge in [-0.15, -0.1) is 0 Å². The average Bonchev–Trinajstić information content (AvgIpc) is 2.35. The molecule has 1 aromatic carbocycles. The maximum absolute atomic E-state index is 11.9. The van der Waals surface area contributed by atoms with E-state index in [1.165, 1.54) is 12.3 Å². The van der Waals surface area contributed by atoms with Gasteiger partial charge < -0.3 is 4.98 Å². The molecule has 0 amide bonds. The van der Waals surface area contributed by atoms with Gasteiger partial charge in [0.05, 0.1) is 5.75 Å². The van der Waals surface area contributed by atoms with E-state index in [0.717, 1.165) is 5.56 Å². The van der Waals surface area contributed by atoms with Crippen LogP contribution in [0.15, 0.2) is 47.4 Å². The lowest BCUT2D eigenvalue weighted by atomic mass is 10.2. The molecule has 5 nitrogen and oxygen atoms in total. The van der Waals surface area contributed by atoms with Gasteiger partial charge in [0.25, 0.3) is 5.56 Å². The van der Waals surface area contributed by atoms with Gasteiger partial charge in [-0.25, -0.2) is 8.42 Å². The third kappa shape index (κ3) is 3.69. The molecule has 0 aliphatic carbocycles. The molecular formula is C13H14N2O3S. The Morgan fingerprint density at radius 1 is 1.16 bits per heavy atom. The lowest BCUT2D eigenvalue weighted by Crippen LogP contribution is -2.21. The van der Waals surface area contributed by atoms with Crippen molar-refractivity contribution in [3.05, 3.63) is 64.1 Å². The fraction of sp³-hybridized carbons (Fsp3) is 0.154. The number of pyridine rings is 1. The second-order valence-electron chi connectivity index (χ2n) is 4.26. The van der Waals surface area contributed by atoms with E-state index in [4.69, 9.17) is 0 Å². The molecule has 0 radical (unpaired) electrons. The van der Waals surface area contributed by atoms with Crippen LogP contribution >= 0.6 is 0 Å². The molecule has 0 unspecified atom stereocenters. The summed E-state index contributed by atoms with van der Waals surface area (Å²) < 4.78 is 26.2. The standard InChI is InChI=1S/C13H14N2O3S/c1-10-4-6-11(7-5-10)9-19(17,18)15-12-3-2-8-14-13(12)16/h2-8,15H,9H2,1H3,(H,14,16). The first-order valence-corrected chi connectivity index (χ1v) is 7.35. The summed E-state index contributed by atoms with van der Waals surface area (Å²) in [7, 11) is -3.59. The van der Waals surface area contributed by atoms with Gasteiger partial charge in [0.2, 0.25) is 10.0 Å². The molecule has 0 saturated carbocycles. The fourth-order valence-electron chi connectivity index (χ4n) is 1.61. The van der Waals surface area contributed by atoms with Crippen molar-refractivity contribution in [2.45, 2.75) is 12.7 Å². The number of sulfonamides is 1. The number of nitrogens with one attached hydrogen (secondary N) is 2. The Morgan fingerprint density at radius 2 is 1.84 bits per heavy atom. The normalized spacial score (nSPS) is 11.2. The first-order valence-electron chi connectivity index (χ1n) is 5.70. The van der Waals surface area contributed by atoms with Crippen LogP contribution in [0, 0.1) is 6.92 Å². The van der Waals surface area contributed by atoms with Crippen LogP contribution in [-0.4, -0.2) is 13.4 Å². The Morgan fingerprint density at radius 3 is 2.47 bits per heavy atom. The first kappa shape index (κ1) is 13.4. The molecule has 2 N–H and O–H groups in total. The zero-order chi connectivity index (χ0) is 13.9. The minimum atomic E-state index is -3.59. The van der Waals surface area contributed by atoms with E-state index in [9.17, 15) is 13.2 Å². The molecule has 2 aromatic rings. The predicted molar refractivity (Wildman–Crippen MR) is 74.5 cm³/mol. The van der Waals surface area contributed by atoms with Crippen molar-refractivity contribution in [2.75, 3.05) is 4.72 Å². The molecule has 0 aliphatic heterocycles. The Balaban J connectivity index is 2.18. The number of hydrogen-bond donors (Lipinski definition) is 2. The quantitative estimate of drug-likeness (QED) is 0.892. The number of aromatic nitrogens is 1. The molecule has 0 saturated heterocycles. The van der Waals surface area contributed by atoms with Crippen LogP contribution in [0.1, 0.15) is 11.1 Å². The summed E-state index contributed by atoms with van der Waals surface area (Å²) in [4.78, 5) is 13.8. The smallest absolute Gasteiger partial charge is 0.272 e.